The maximum atomic E-state index is 8.54. The van der Waals surface area contributed by atoms with E-state index in [2.05, 4.69) is 24.3 Å². The van der Waals surface area contributed by atoms with Crippen molar-refractivity contribution < 1.29 is 5.21 Å². The maximum absolute atomic E-state index is 8.54. The van der Waals surface area contributed by atoms with Crippen molar-refractivity contribution in [1.29, 1.82) is 0 Å². The number of hydrogen-bond acceptors (Lipinski definition) is 3. The van der Waals surface area contributed by atoms with Gasteiger partial charge >= 0.3 is 0 Å². The van der Waals surface area contributed by atoms with Gasteiger partial charge in [0.05, 0.1) is 5.71 Å². The Hall–Kier alpha value is -0.570. The third-order valence-corrected chi connectivity index (χ3v) is 1.99. The van der Waals surface area contributed by atoms with E-state index in [0.717, 1.165) is 18.7 Å². The molecule has 58 valence electrons. The maximum Gasteiger partial charge on any atom is 0.0626 e. The van der Waals surface area contributed by atoms with Crippen LogP contribution in [0.1, 0.15) is 20.3 Å². The lowest BCUT2D eigenvalue weighted by molar-refractivity contribution is 0.308. The van der Waals surface area contributed by atoms with Gasteiger partial charge in [-0.15, -0.1) is 0 Å². The summed E-state index contributed by atoms with van der Waals surface area (Å²) in [7, 11) is 0. The van der Waals surface area contributed by atoms with Gasteiger partial charge in [0.1, 0.15) is 0 Å². The first-order valence-corrected chi connectivity index (χ1v) is 3.68. The van der Waals surface area contributed by atoms with Gasteiger partial charge in [0.25, 0.3) is 0 Å². The molecule has 0 bridgehead atoms. The average molecular weight is 142 g/mol. The van der Waals surface area contributed by atoms with Gasteiger partial charge in [-0.1, -0.05) is 12.1 Å². The minimum Gasteiger partial charge on any atom is -0.411 e. The minimum absolute atomic E-state index is 0.390. The molecule has 1 saturated heterocycles. The molecule has 1 rings (SSSR count). The smallest absolute Gasteiger partial charge is 0.0626 e. The van der Waals surface area contributed by atoms with Gasteiger partial charge in [-0.05, 0) is 6.92 Å². The van der Waals surface area contributed by atoms with Crippen molar-refractivity contribution in [3.8, 4) is 0 Å². The Morgan fingerprint density at radius 3 is 2.80 bits per heavy atom. The monoisotopic (exact) mass is 142 g/mol. The highest BCUT2D eigenvalue weighted by Gasteiger charge is 2.20. The Bertz CT molecular complexity index is 145. The van der Waals surface area contributed by atoms with Crippen molar-refractivity contribution in [2.45, 2.75) is 26.3 Å². The number of piperidine rings is 1. The molecule has 0 amide bonds. The van der Waals surface area contributed by atoms with E-state index in [-0.39, 0.29) is 0 Å². The zero-order chi connectivity index (χ0) is 7.56. The number of hydrogen-bond donors (Lipinski definition) is 2. The van der Waals surface area contributed by atoms with E-state index >= 15 is 0 Å². The second kappa shape index (κ2) is 3.01. The molecule has 2 atom stereocenters. The normalized spacial score (nSPS) is 38.4. The van der Waals surface area contributed by atoms with Crippen molar-refractivity contribution >= 4 is 5.71 Å². The highest BCUT2D eigenvalue weighted by atomic mass is 16.4. The SMILES string of the molecule is CC1CC(=NO)[C@@H](C)CN1. The molecule has 1 unspecified atom stereocenters. The van der Waals surface area contributed by atoms with E-state index in [1.165, 1.54) is 0 Å². The molecule has 0 saturated carbocycles. The van der Waals surface area contributed by atoms with Crippen molar-refractivity contribution in [2.75, 3.05) is 6.54 Å². The van der Waals surface area contributed by atoms with Gasteiger partial charge in [-0.25, -0.2) is 0 Å². The molecule has 0 aromatic carbocycles. The second-order valence-corrected chi connectivity index (χ2v) is 3.01. The Kier molecular flexibility index (Phi) is 2.27. The Morgan fingerprint density at radius 2 is 2.30 bits per heavy atom. The molecule has 3 heteroatoms. The van der Waals surface area contributed by atoms with Gasteiger partial charge in [0.15, 0.2) is 0 Å². The summed E-state index contributed by atoms with van der Waals surface area (Å²) in [4.78, 5) is 0. The van der Waals surface area contributed by atoms with E-state index in [9.17, 15) is 0 Å². The second-order valence-electron chi connectivity index (χ2n) is 3.01. The quantitative estimate of drug-likeness (QED) is 0.389. The van der Waals surface area contributed by atoms with Crippen molar-refractivity contribution in [3.05, 3.63) is 0 Å². The fourth-order valence-corrected chi connectivity index (χ4v) is 1.22. The largest absolute Gasteiger partial charge is 0.411 e. The summed E-state index contributed by atoms with van der Waals surface area (Å²) in [5.41, 5.74) is 0.922. The van der Waals surface area contributed by atoms with Crippen LogP contribution in [0.4, 0.5) is 0 Å². The van der Waals surface area contributed by atoms with Crippen molar-refractivity contribution in [3.63, 3.8) is 0 Å². The van der Waals surface area contributed by atoms with E-state index in [1.807, 2.05) is 0 Å². The van der Waals surface area contributed by atoms with Crippen molar-refractivity contribution in [1.82, 2.24) is 5.32 Å². The number of oxime groups is 1. The summed E-state index contributed by atoms with van der Waals surface area (Å²) in [6.07, 6.45) is 0.873. The summed E-state index contributed by atoms with van der Waals surface area (Å²) >= 11 is 0. The number of nitrogens with one attached hydrogen (secondary N) is 1. The molecule has 3 nitrogen and oxygen atoms in total. The van der Waals surface area contributed by atoms with Crippen LogP contribution in [0.15, 0.2) is 5.16 Å². The molecule has 0 aromatic rings. The summed E-state index contributed by atoms with van der Waals surface area (Å²) < 4.78 is 0. The lowest BCUT2D eigenvalue weighted by atomic mass is 9.95. The zero-order valence-electron chi connectivity index (χ0n) is 6.46. The summed E-state index contributed by atoms with van der Waals surface area (Å²) in [6, 6.07) is 0.460. The first-order valence-electron chi connectivity index (χ1n) is 3.68. The van der Waals surface area contributed by atoms with Gasteiger partial charge in [-0.3, -0.25) is 0 Å². The van der Waals surface area contributed by atoms with Crippen molar-refractivity contribution in [2.24, 2.45) is 11.1 Å². The van der Waals surface area contributed by atoms with Gasteiger partial charge < -0.3 is 10.5 Å². The Morgan fingerprint density at radius 1 is 1.60 bits per heavy atom. The molecule has 10 heavy (non-hydrogen) atoms. The lowest BCUT2D eigenvalue weighted by Gasteiger charge is -2.25. The standard InChI is InChI=1S/C7H14N2O/c1-5-4-8-6(2)3-7(5)9-10/h5-6,8,10H,3-4H2,1-2H3/t5-,6?/m0/s1. The molecule has 1 heterocycles. The molecule has 0 aliphatic carbocycles. The molecule has 2 N–H and O–H groups in total. The van der Waals surface area contributed by atoms with Crippen LogP contribution >= 0.6 is 0 Å². The highest BCUT2D eigenvalue weighted by Crippen LogP contribution is 2.10. The van der Waals surface area contributed by atoms with E-state index in [0.29, 0.717) is 12.0 Å². The number of rotatable bonds is 0. The molecule has 1 aliphatic rings. The molecule has 0 radical (unpaired) electrons. The Labute approximate surface area is 61.1 Å². The molecule has 1 aliphatic heterocycles. The number of nitrogens with zero attached hydrogens (tertiary/aromatic N) is 1. The van der Waals surface area contributed by atoms with Crippen LogP contribution in [0.5, 0.6) is 0 Å². The molecule has 0 aromatic heterocycles. The fraction of sp³-hybridized carbons (Fsp3) is 0.857. The van der Waals surface area contributed by atoms with Crippen LogP contribution in [0, 0.1) is 5.92 Å². The van der Waals surface area contributed by atoms with Crippen LogP contribution in [0.25, 0.3) is 0 Å². The van der Waals surface area contributed by atoms with Gasteiger partial charge in [-0.2, -0.15) is 0 Å². The van der Waals surface area contributed by atoms with E-state index in [4.69, 9.17) is 5.21 Å². The highest BCUT2D eigenvalue weighted by molar-refractivity contribution is 5.87. The average Bonchev–Trinajstić information content (AvgIpc) is 1.94. The van der Waals surface area contributed by atoms with Gasteiger partial charge in [0.2, 0.25) is 0 Å². The Balaban J connectivity index is 2.54. The first kappa shape index (κ1) is 7.54. The summed E-state index contributed by atoms with van der Waals surface area (Å²) in [5.74, 6) is 0.390. The predicted octanol–water partition coefficient (Wildman–Crippen LogP) is 0.834. The fourth-order valence-electron chi connectivity index (χ4n) is 1.22. The molecular formula is C7H14N2O. The summed E-state index contributed by atoms with van der Waals surface area (Å²) in [6.45, 7) is 5.09. The van der Waals surface area contributed by atoms with Gasteiger partial charge in [0, 0.05) is 24.9 Å². The lowest BCUT2D eigenvalue weighted by Crippen LogP contribution is -2.41. The van der Waals surface area contributed by atoms with Crippen LogP contribution < -0.4 is 5.32 Å². The van der Waals surface area contributed by atoms with E-state index < -0.39 is 0 Å². The minimum atomic E-state index is 0.390. The van der Waals surface area contributed by atoms with Crippen LogP contribution in [-0.4, -0.2) is 23.5 Å². The zero-order valence-corrected chi connectivity index (χ0v) is 6.46. The third kappa shape index (κ3) is 1.48. The first-order chi connectivity index (χ1) is 4.74. The molecule has 0 spiro atoms. The molecule has 1 fully saturated rings. The van der Waals surface area contributed by atoms with Crippen LogP contribution in [0.3, 0.4) is 0 Å². The predicted molar refractivity (Wildman–Crippen MR) is 40.5 cm³/mol. The van der Waals surface area contributed by atoms with Crippen LogP contribution in [0.2, 0.25) is 0 Å². The summed E-state index contributed by atoms with van der Waals surface area (Å²) in [5, 5.41) is 15.1. The molecular weight excluding hydrogens is 128 g/mol. The van der Waals surface area contributed by atoms with E-state index in [1.54, 1.807) is 0 Å². The topological polar surface area (TPSA) is 44.6 Å². The van der Waals surface area contributed by atoms with Crippen LogP contribution in [-0.2, 0) is 0 Å². The third-order valence-electron chi connectivity index (χ3n) is 1.99.